The van der Waals surface area contributed by atoms with Crippen molar-refractivity contribution in [2.45, 2.75) is 59.7 Å². The molecule has 0 aliphatic heterocycles. The molecule has 0 saturated carbocycles. The highest BCUT2D eigenvalue weighted by Crippen LogP contribution is 2.24. The maximum absolute atomic E-state index is 13.6. The highest BCUT2D eigenvalue weighted by Gasteiger charge is 2.31. The fourth-order valence-electron chi connectivity index (χ4n) is 4.09. The van der Waals surface area contributed by atoms with Crippen molar-refractivity contribution in [1.29, 1.82) is 0 Å². The smallest absolute Gasteiger partial charge is 0.261 e. The Hall–Kier alpha value is -3.67. The first kappa shape index (κ1) is 26.9. The summed E-state index contributed by atoms with van der Waals surface area (Å²) in [7, 11) is 0. The molecule has 0 saturated heterocycles. The first-order valence-electron chi connectivity index (χ1n) is 12.2. The van der Waals surface area contributed by atoms with Crippen LogP contribution in [0, 0.1) is 26.6 Å². The number of rotatable bonds is 10. The molecule has 2 amide bonds. The van der Waals surface area contributed by atoms with Crippen LogP contribution in [0.4, 0.5) is 4.39 Å². The molecule has 0 spiro atoms. The second-order valence-electron chi connectivity index (χ2n) is 9.51. The van der Waals surface area contributed by atoms with E-state index in [1.54, 1.807) is 12.1 Å². The molecule has 0 bridgehead atoms. The average Bonchev–Trinajstić information content (AvgIpc) is 2.83. The lowest BCUT2D eigenvalue weighted by Crippen LogP contribution is -2.52. The van der Waals surface area contributed by atoms with Crippen molar-refractivity contribution >= 4 is 11.8 Å². The molecule has 1 atom stereocenters. The van der Waals surface area contributed by atoms with E-state index < -0.39 is 6.04 Å². The van der Waals surface area contributed by atoms with Gasteiger partial charge in [-0.3, -0.25) is 9.59 Å². The van der Waals surface area contributed by atoms with Gasteiger partial charge < -0.3 is 15.0 Å². The van der Waals surface area contributed by atoms with E-state index in [9.17, 15) is 14.0 Å². The first-order valence-corrected chi connectivity index (χ1v) is 12.2. The van der Waals surface area contributed by atoms with Crippen LogP contribution in [0.1, 0.15) is 41.7 Å². The van der Waals surface area contributed by atoms with Crippen molar-refractivity contribution in [3.8, 4) is 5.75 Å². The van der Waals surface area contributed by atoms with Crippen LogP contribution in [-0.2, 0) is 22.6 Å². The van der Waals surface area contributed by atoms with Crippen LogP contribution >= 0.6 is 0 Å². The van der Waals surface area contributed by atoms with E-state index in [1.807, 2.05) is 71.0 Å². The minimum absolute atomic E-state index is 0.0901. The molecule has 0 aromatic heterocycles. The summed E-state index contributed by atoms with van der Waals surface area (Å²) < 4.78 is 19.5. The van der Waals surface area contributed by atoms with E-state index in [0.29, 0.717) is 12.2 Å². The minimum Gasteiger partial charge on any atom is -0.483 e. The molecule has 0 heterocycles. The Kier molecular flexibility index (Phi) is 9.23. The zero-order valence-corrected chi connectivity index (χ0v) is 21.7. The van der Waals surface area contributed by atoms with Gasteiger partial charge in [-0.1, -0.05) is 48.5 Å². The second-order valence-corrected chi connectivity index (χ2v) is 9.51. The Bertz CT molecular complexity index is 1180. The number of halogens is 1. The van der Waals surface area contributed by atoms with Crippen molar-refractivity contribution in [3.63, 3.8) is 0 Å². The first-order chi connectivity index (χ1) is 17.1. The number of carbonyl (C=O) groups excluding carboxylic acids is 2. The second kappa shape index (κ2) is 12.3. The number of nitrogens with one attached hydrogen (secondary N) is 1. The van der Waals surface area contributed by atoms with Gasteiger partial charge in [-0.05, 0) is 80.6 Å². The van der Waals surface area contributed by atoms with E-state index >= 15 is 0 Å². The molecule has 6 heteroatoms. The third-order valence-electron chi connectivity index (χ3n) is 6.08. The topological polar surface area (TPSA) is 58.6 Å². The third-order valence-corrected chi connectivity index (χ3v) is 6.08. The molecule has 3 aromatic rings. The molecule has 5 nitrogen and oxygen atoms in total. The molecule has 3 aromatic carbocycles. The van der Waals surface area contributed by atoms with Gasteiger partial charge in [0.2, 0.25) is 5.91 Å². The molecule has 0 radical (unpaired) electrons. The van der Waals surface area contributed by atoms with Crippen LogP contribution in [0.5, 0.6) is 5.75 Å². The molecule has 1 N–H and O–H groups in total. The predicted octanol–water partition coefficient (Wildman–Crippen LogP) is 5.29. The summed E-state index contributed by atoms with van der Waals surface area (Å²) in [6, 6.07) is 18.7. The van der Waals surface area contributed by atoms with Crippen LogP contribution in [0.2, 0.25) is 0 Å². The average molecular weight is 491 g/mol. The standard InChI is InChI=1S/C30H35FN2O3/c1-20(2)32-30(35)27(17-24-9-7-6-8-10-24)33(18-25-11-13-26(31)14-12-25)29(34)19-36-28-16-21(3)15-22(4)23(28)5/h6-16,20,27H,17-19H2,1-5H3,(H,32,35). The summed E-state index contributed by atoms with van der Waals surface area (Å²) in [5, 5.41) is 2.96. The number of carbonyl (C=O) groups is 2. The van der Waals surface area contributed by atoms with Gasteiger partial charge in [-0.15, -0.1) is 0 Å². The van der Waals surface area contributed by atoms with Crippen molar-refractivity contribution in [2.75, 3.05) is 6.61 Å². The summed E-state index contributed by atoms with van der Waals surface area (Å²) in [5.74, 6) is -0.276. The normalized spacial score (nSPS) is 11.8. The highest BCUT2D eigenvalue weighted by molar-refractivity contribution is 5.88. The number of hydrogen-bond acceptors (Lipinski definition) is 3. The maximum atomic E-state index is 13.6. The van der Waals surface area contributed by atoms with Gasteiger partial charge in [0, 0.05) is 19.0 Å². The lowest BCUT2D eigenvalue weighted by Gasteiger charge is -2.32. The monoisotopic (exact) mass is 490 g/mol. The third kappa shape index (κ3) is 7.41. The number of aryl methyl sites for hydroxylation is 2. The summed E-state index contributed by atoms with van der Waals surface area (Å²) in [6.45, 7) is 9.64. The molecule has 190 valence electrons. The lowest BCUT2D eigenvalue weighted by atomic mass is 10.0. The van der Waals surface area contributed by atoms with E-state index in [0.717, 1.165) is 27.8 Å². The Morgan fingerprint density at radius 3 is 2.25 bits per heavy atom. The summed E-state index contributed by atoms with van der Waals surface area (Å²) in [6.07, 6.45) is 0.342. The highest BCUT2D eigenvalue weighted by atomic mass is 19.1. The fourth-order valence-corrected chi connectivity index (χ4v) is 4.09. The Morgan fingerprint density at radius 2 is 1.61 bits per heavy atom. The van der Waals surface area contributed by atoms with E-state index in [-0.39, 0.29) is 36.8 Å². The van der Waals surface area contributed by atoms with Crippen LogP contribution in [0.15, 0.2) is 66.7 Å². The van der Waals surface area contributed by atoms with Crippen LogP contribution < -0.4 is 10.1 Å². The predicted molar refractivity (Wildman–Crippen MR) is 140 cm³/mol. The molecule has 0 aliphatic rings. The van der Waals surface area contributed by atoms with Gasteiger partial charge in [0.25, 0.3) is 5.91 Å². The van der Waals surface area contributed by atoms with Crippen LogP contribution in [0.3, 0.4) is 0 Å². The molecular formula is C30H35FN2O3. The maximum Gasteiger partial charge on any atom is 0.261 e. The van der Waals surface area contributed by atoms with Gasteiger partial charge in [0.1, 0.15) is 17.6 Å². The van der Waals surface area contributed by atoms with E-state index in [1.165, 1.54) is 17.0 Å². The van der Waals surface area contributed by atoms with Gasteiger partial charge in [-0.25, -0.2) is 4.39 Å². The van der Waals surface area contributed by atoms with Crippen molar-refractivity contribution in [1.82, 2.24) is 10.2 Å². The Balaban J connectivity index is 1.93. The fraction of sp³-hybridized carbons (Fsp3) is 0.333. The summed E-state index contributed by atoms with van der Waals surface area (Å²) in [4.78, 5) is 28.5. The van der Waals surface area contributed by atoms with Gasteiger partial charge in [0.05, 0.1) is 0 Å². The van der Waals surface area contributed by atoms with Crippen molar-refractivity contribution in [2.24, 2.45) is 0 Å². The van der Waals surface area contributed by atoms with Crippen LogP contribution in [-0.4, -0.2) is 35.4 Å². The van der Waals surface area contributed by atoms with Crippen molar-refractivity contribution < 1.29 is 18.7 Å². The molecule has 0 aliphatic carbocycles. The van der Waals surface area contributed by atoms with E-state index in [4.69, 9.17) is 4.74 Å². The van der Waals surface area contributed by atoms with Crippen molar-refractivity contribution in [3.05, 3.63) is 100 Å². The van der Waals surface area contributed by atoms with Gasteiger partial charge in [0.15, 0.2) is 6.61 Å². The quantitative estimate of drug-likeness (QED) is 0.420. The number of nitrogens with zero attached hydrogens (tertiary/aromatic N) is 1. The van der Waals surface area contributed by atoms with E-state index in [2.05, 4.69) is 11.4 Å². The molecule has 0 fully saturated rings. The SMILES string of the molecule is Cc1cc(C)c(C)c(OCC(=O)N(Cc2ccc(F)cc2)C(Cc2ccccc2)C(=O)NC(C)C)c1. The number of hydrogen-bond donors (Lipinski definition) is 1. The Morgan fingerprint density at radius 1 is 0.944 bits per heavy atom. The summed E-state index contributed by atoms with van der Waals surface area (Å²) in [5.41, 5.74) is 4.75. The Labute approximate surface area is 213 Å². The van der Waals surface area contributed by atoms with Gasteiger partial charge in [-0.2, -0.15) is 0 Å². The number of ether oxygens (including phenoxy) is 1. The molecular weight excluding hydrogens is 455 g/mol. The molecule has 36 heavy (non-hydrogen) atoms. The van der Waals surface area contributed by atoms with Gasteiger partial charge >= 0.3 is 0 Å². The minimum atomic E-state index is -0.767. The largest absolute Gasteiger partial charge is 0.483 e. The number of amides is 2. The molecule has 3 rings (SSSR count). The zero-order chi connectivity index (χ0) is 26.2. The summed E-state index contributed by atoms with van der Waals surface area (Å²) >= 11 is 0. The molecule has 1 unspecified atom stereocenters. The lowest BCUT2D eigenvalue weighted by molar-refractivity contribution is -0.143. The zero-order valence-electron chi connectivity index (χ0n) is 21.7. The number of benzene rings is 3. The van der Waals surface area contributed by atoms with Crippen LogP contribution in [0.25, 0.3) is 0 Å².